The van der Waals surface area contributed by atoms with Crippen molar-refractivity contribution >= 4 is 5.97 Å². The maximum atomic E-state index is 11.2. The van der Waals surface area contributed by atoms with Gasteiger partial charge < -0.3 is 9.47 Å². The van der Waals surface area contributed by atoms with E-state index in [1.165, 1.54) is 7.11 Å². The lowest BCUT2D eigenvalue weighted by molar-refractivity contribution is 0.0600. The van der Waals surface area contributed by atoms with Crippen LogP contribution in [0.15, 0.2) is 48.6 Å². The third-order valence-electron chi connectivity index (χ3n) is 2.29. The summed E-state index contributed by atoms with van der Waals surface area (Å²) in [5, 5.41) is 0. The molecular weight excluding hydrogens is 216 g/mol. The summed E-state index contributed by atoms with van der Waals surface area (Å²) in [4.78, 5) is 11.2. The van der Waals surface area contributed by atoms with E-state index < -0.39 is 0 Å². The largest absolute Gasteiger partial charge is 0.489 e. The van der Waals surface area contributed by atoms with Crippen LogP contribution in [0.5, 0.6) is 5.75 Å². The highest BCUT2D eigenvalue weighted by Crippen LogP contribution is 2.14. The van der Waals surface area contributed by atoms with Crippen LogP contribution in [0.25, 0.3) is 0 Å². The second-order valence-corrected chi connectivity index (χ2v) is 3.69. The molecule has 0 saturated heterocycles. The fraction of sp³-hybridized carbons (Fsp3) is 0.214. The van der Waals surface area contributed by atoms with Gasteiger partial charge in [-0.1, -0.05) is 18.7 Å². The topological polar surface area (TPSA) is 35.5 Å². The first-order valence-electron chi connectivity index (χ1n) is 5.19. The molecule has 1 aromatic rings. The van der Waals surface area contributed by atoms with E-state index in [4.69, 9.17) is 4.74 Å². The molecule has 0 aromatic heterocycles. The van der Waals surface area contributed by atoms with Crippen LogP contribution in [0.1, 0.15) is 17.3 Å². The molecule has 0 bridgehead atoms. The highest BCUT2D eigenvalue weighted by Gasteiger charge is 2.04. The second kappa shape index (κ2) is 5.89. The summed E-state index contributed by atoms with van der Waals surface area (Å²) < 4.78 is 10.1. The molecule has 90 valence electrons. The summed E-state index contributed by atoms with van der Waals surface area (Å²) in [7, 11) is 1.35. The van der Waals surface area contributed by atoms with Gasteiger partial charge in [0.25, 0.3) is 0 Å². The van der Waals surface area contributed by atoms with Crippen molar-refractivity contribution in [3.05, 3.63) is 54.1 Å². The molecule has 3 heteroatoms. The minimum atomic E-state index is -0.358. The number of carbonyl (C=O) groups excluding carboxylic acids is 1. The minimum Gasteiger partial charge on any atom is -0.489 e. The fourth-order valence-corrected chi connectivity index (χ4v) is 1.10. The lowest BCUT2D eigenvalue weighted by Gasteiger charge is -2.08. The highest BCUT2D eigenvalue weighted by molar-refractivity contribution is 5.89. The van der Waals surface area contributed by atoms with Gasteiger partial charge in [-0.2, -0.15) is 0 Å². The Morgan fingerprint density at radius 1 is 1.24 bits per heavy atom. The molecule has 17 heavy (non-hydrogen) atoms. The number of esters is 1. The van der Waals surface area contributed by atoms with Gasteiger partial charge in [0.05, 0.1) is 12.7 Å². The third-order valence-corrected chi connectivity index (χ3v) is 2.29. The van der Waals surface area contributed by atoms with Crippen LogP contribution in [0.4, 0.5) is 0 Å². The Labute approximate surface area is 101 Å². The average molecular weight is 232 g/mol. The lowest BCUT2D eigenvalue weighted by Crippen LogP contribution is -2.03. The standard InChI is InChI=1S/C14H16O3/c1-10(2)11(3)9-17-13-7-5-12(6-8-13)14(15)16-4/h5-8H,1,3,9H2,2,4H3. The lowest BCUT2D eigenvalue weighted by atomic mass is 10.2. The van der Waals surface area contributed by atoms with Crippen LogP contribution in [0.3, 0.4) is 0 Å². The second-order valence-electron chi connectivity index (χ2n) is 3.69. The van der Waals surface area contributed by atoms with Crippen LogP contribution in [-0.4, -0.2) is 19.7 Å². The number of hydrogen-bond donors (Lipinski definition) is 0. The maximum absolute atomic E-state index is 11.2. The zero-order valence-electron chi connectivity index (χ0n) is 10.2. The van der Waals surface area contributed by atoms with E-state index in [0.29, 0.717) is 17.9 Å². The van der Waals surface area contributed by atoms with E-state index in [2.05, 4.69) is 17.9 Å². The number of ether oxygens (including phenoxy) is 2. The van der Waals surface area contributed by atoms with Crippen molar-refractivity contribution in [3.8, 4) is 5.75 Å². The van der Waals surface area contributed by atoms with Crippen LogP contribution in [-0.2, 0) is 4.74 Å². The fourth-order valence-electron chi connectivity index (χ4n) is 1.10. The highest BCUT2D eigenvalue weighted by atomic mass is 16.5. The van der Waals surface area contributed by atoms with E-state index in [1.807, 2.05) is 6.92 Å². The Bertz CT molecular complexity index is 429. The summed E-state index contributed by atoms with van der Waals surface area (Å²) in [5.41, 5.74) is 2.25. The Balaban J connectivity index is 2.60. The quantitative estimate of drug-likeness (QED) is 0.578. The molecule has 1 rings (SSSR count). The molecule has 0 unspecified atom stereocenters. The van der Waals surface area contributed by atoms with E-state index in [-0.39, 0.29) is 5.97 Å². The number of hydrogen-bond acceptors (Lipinski definition) is 3. The molecule has 0 saturated carbocycles. The van der Waals surface area contributed by atoms with Gasteiger partial charge in [-0.3, -0.25) is 0 Å². The van der Waals surface area contributed by atoms with Crippen LogP contribution < -0.4 is 4.74 Å². The zero-order valence-corrected chi connectivity index (χ0v) is 10.2. The summed E-state index contributed by atoms with van der Waals surface area (Å²) in [6.45, 7) is 9.88. The van der Waals surface area contributed by atoms with Crippen molar-refractivity contribution in [1.82, 2.24) is 0 Å². The summed E-state index contributed by atoms with van der Waals surface area (Å²) >= 11 is 0. The summed E-state index contributed by atoms with van der Waals surface area (Å²) in [6.07, 6.45) is 0. The van der Waals surface area contributed by atoms with Gasteiger partial charge >= 0.3 is 5.97 Å². The van der Waals surface area contributed by atoms with E-state index >= 15 is 0 Å². The normalized spacial score (nSPS) is 9.53. The van der Waals surface area contributed by atoms with Crippen LogP contribution in [0, 0.1) is 0 Å². The Kier molecular flexibility index (Phi) is 4.52. The van der Waals surface area contributed by atoms with Crippen molar-refractivity contribution in [2.75, 3.05) is 13.7 Å². The number of rotatable bonds is 5. The molecule has 0 amide bonds. The van der Waals surface area contributed by atoms with Crippen molar-refractivity contribution in [1.29, 1.82) is 0 Å². The number of benzene rings is 1. The van der Waals surface area contributed by atoms with Gasteiger partial charge in [0.15, 0.2) is 0 Å². The first kappa shape index (κ1) is 13.0. The van der Waals surface area contributed by atoms with Gasteiger partial charge in [-0.05, 0) is 36.8 Å². The number of carbonyl (C=O) groups is 1. The molecule has 0 atom stereocenters. The molecule has 0 aliphatic rings. The SMILES string of the molecule is C=C(C)C(=C)COc1ccc(C(=O)OC)cc1. The molecule has 0 fully saturated rings. The molecule has 1 aromatic carbocycles. The molecule has 0 spiro atoms. The minimum absolute atomic E-state index is 0.358. The molecule has 0 heterocycles. The molecule has 3 nitrogen and oxygen atoms in total. The third kappa shape index (κ3) is 3.79. The van der Waals surface area contributed by atoms with Gasteiger partial charge in [0, 0.05) is 0 Å². The molecule has 0 N–H and O–H groups in total. The average Bonchev–Trinajstić information content (AvgIpc) is 2.35. The number of methoxy groups -OCH3 is 1. The predicted octanol–water partition coefficient (Wildman–Crippen LogP) is 2.98. The van der Waals surface area contributed by atoms with E-state index in [0.717, 1.165) is 11.1 Å². The van der Waals surface area contributed by atoms with Gasteiger partial charge in [-0.15, -0.1) is 0 Å². The predicted molar refractivity (Wildman–Crippen MR) is 67.2 cm³/mol. The molecular formula is C14H16O3. The van der Waals surface area contributed by atoms with Gasteiger partial charge in [-0.25, -0.2) is 4.79 Å². The first-order chi connectivity index (χ1) is 8.04. The zero-order chi connectivity index (χ0) is 12.8. The maximum Gasteiger partial charge on any atom is 0.337 e. The Morgan fingerprint density at radius 3 is 2.29 bits per heavy atom. The smallest absolute Gasteiger partial charge is 0.337 e. The van der Waals surface area contributed by atoms with Gasteiger partial charge in [0.1, 0.15) is 12.4 Å². The Hall–Kier alpha value is -2.03. The van der Waals surface area contributed by atoms with Gasteiger partial charge in [0.2, 0.25) is 0 Å². The molecule has 0 aliphatic carbocycles. The molecule has 0 aliphatic heterocycles. The summed E-state index contributed by atoms with van der Waals surface area (Å²) in [6, 6.07) is 6.76. The van der Waals surface area contributed by atoms with Crippen LogP contribution in [0.2, 0.25) is 0 Å². The van der Waals surface area contributed by atoms with Crippen molar-refractivity contribution in [3.63, 3.8) is 0 Å². The Morgan fingerprint density at radius 2 is 1.82 bits per heavy atom. The van der Waals surface area contributed by atoms with E-state index in [9.17, 15) is 4.79 Å². The van der Waals surface area contributed by atoms with Crippen molar-refractivity contribution in [2.45, 2.75) is 6.92 Å². The molecule has 0 radical (unpaired) electrons. The first-order valence-corrected chi connectivity index (χ1v) is 5.19. The monoisotopic (exact) mass is 232 g/mol. The van der Waals surface area contributed by atoms with Crippen molar-refractivity contribution in [2.24, 2.45) is 0 Å². The summed E-state index contributed by atoms with van der Waals surface area (Å²) in [5.74, 6) is 0.322. The van der Waals surface area contributed by atoms with E-state index in [1.54, 1.807) is 24.3 Å². The van der Waals surface area contributed by atoms with Crippen LogP contribution >= 0.6 is 0 Å². The van der Waals surface area contributed by atoms with Crippen molar-refractivity contribution < 1.29 is 14.3 Å².